The number of nitrogens with one attached hydrogen (secondary N) is 1. The molecular formula is C23H19N3O3. The van der Waals surface area contributed by atoms with Crippen LogP contribution < -0.4 is 10.1 Å². The number of aromatic nitrogens is 2. The van der Waals surface area contributed by atoms with E-state index in [1.165, 1.54) is 0 Å². The van der Waals surface area contributed by atoms with Crippen molar-refractivity contribution in [2.75, 3.05) is 11.9 Å². The van der Waals surface area contributed by atoms with Crippen molar-refractivity contribution in [3.8, 4) is 28.6 Å². The molecule has 0 bridgehead atoms. The minimum atomic E-state index is -0.220. The first-order valence-corrected chi connectivity index (χ1v) is 9.16. The summed E-state index contributed by atoms with van der Waals surface area (Å²) in [4.78, 5) is 16.5. The molecule has 0 spiro atoms. The lowest BCUT2D eigenvalue weighted by Gasteiger charge is -2.08. The van der Waals surface area contributed by atoms with Gasteiger partial charge in [-0.15, -0.1) is 0 Å². The van der Waals surface area contributed by atoms with Crippen molar-refractivity contribution < 1.29 is 14.1 Å². The van der Waals surface area contributed by atoms with Crippen LogP contribution in [0.1, 0.15) is 5.56 Å². The summed E-state index contributed by atoms with van der Waals surface area (Å²) < 4.78 is 10.9. The number of rotatable bonds is 6. The Balaban J connectivity index is 1.35. The molecule has 0 fully saturated rings. The highest BCUT2D eigenvalue weighted by atomic mass is 16.5. The number of hydrogen-bond acceptors (Lipinski definition) is 5. The zero-order valence-corrected chi connectivity index (χ0v) is 15.8. The second kappa shape index (κ2) is 8.39. The third-order valence-electron chi connectivity index (χ3n) is 4.26. The molecule has 6 heteroatoms. The van der Waals surface area contributed by atoms with Crippen LogP contribution in [0.5, 0.6) is 5.75 Å². The van der Waals surface area contributed by atoms with E-state index in [0.717, 1.165) is 22.4 Å². The van der Waals surface area contributed by atoms with Gasteiger partial charge >= 0.3 is 0 Å². The Labute approximate surface area is 168 Å². The summed E-state index contributed by atoms with van der Waals surface area (Å²) in [6, 6.07) is 24.4. The van der Waals surface area contributed by atoms with Crippen molar-refractivity contribution >= 4 is 11.6 Å². The number of hydrogen-bond donors (Lipinski definition) is 1. The average molecular weight is 385 g/mol. The van der Waals surface area contributed by atoms with Crippen LogP contribution in [0.4, 0.5) is 5.69 Å². The molecule has 144 valence electrons. The van der Waals surface area contributed by atoms with Gasteiger partial charge < -0.3 is 14.6 Å². The smallest absolute Gasteiger partial charge is 0.262 e. The molecule has 0 radical (unpaired) electrons. The minimum absolute atomic E-state index is 0.0774. The fourth-order valence-corrected chi connectivity index (χ4v) is 2.72. The predicted molar refractivity (Wildman–Crippen MR) is 110 cm³/mol. The van der Waals surface area contributed by atoms with Gasteiger partial charge in [0.15, 0.2) is 6.61 Å². The largest absolute Gasteiger partial charge is 0.484 e. The number of benzene rings is 3. The highest BCUT2D eigenvalue weighted by Crippen LogP contribution is 2.24. The standard InChI is InChI=1S/C23H19N3O3/c1-16-7-11-19(12-8-16)24-21(27)15-28-20-13-9-18(10-14-20)23-25-22(26-29-23)17-5-3-2-4-6-17/h2-14H,15H2,1H3,(H,24,27). The zero-order valence-electron chi connectivity index (χ0n) is 15.8. The molecule has 0 saturated carbocycles. The van der Waals surface area contributed by atoms with Crippen LogP contribution in [0.15, 0.2) is 83.4 Å². The quantitative estimate of drug-likeness (QED) is 0.519. The highest BCUT2D eigenvalue weighted by Gasteiger charge is 2.11. The van der Waals surface area contributed by atoms with Crippen molar-refractivity contribution in [1.29, 1.82) is 0 Å². The van der Waals surface area contributed by atoms with Crippen molar-refractivity contribution in [2.24, 2.45) is 0 Å². The van der Waals surface area contributed by atoms with Gasteiger partial charge in [-0.2, -0.15) is 4.98 Å². The van der Waals surface area contributed by atoms with Crippen LogP contribution in [0.25, 0.3) is 22.8 Å². The van der Waals surface area contributed by atoms with Crippen molar-refractivity contribution in [3.63, 3.8) is 0 Å². The van der Waals surface area contributed by atoms with Gasteiger partial charge in [0.2, 0.25) is 5.82 Å². The molecule has 0 saturated heterocycles. The molecule has 6 nitrogen and oxygen atoms in total. The van der Waals surface area contributed by atoms with Gasteiger partial charge in [-0.25, -0.2) is 0 Å². The summed E-state index contributed by atoms with van der Waals surface area (Å²) in [5.74, 6) is 1.32. The third kappa shape index (κ3) is 4.68. The van der Waals surface area contributed by atoms with Gasteiger partial charge in [0, 0.05) is 16.8 Å². The van der Waals surface area contributed by atoms with Crippen molar-refractivity contribution in [2.45, 2.75) is 6.92 Å². The lowest BCUT2D eigenvalue weighted by Crippen LogP contribution is -2.20. The Morgan fingerprint density at radius 3 is 2.38 bits per heavy atom. The Bertz CT molecular complexity index is 1090. The second-order valence-corrected chi connectivity index (χ2v) is 6.52. The van der Waals surface area contributed by atoms with Gasteiger partial charge in [0.1, 0.15) is 5.75 Å². The predicted octanol–water partition coefficient (Wildman–Crippen LogP) is 4.73. The third-order valence-corrected chi connectivity index (χ3v) is 4.26. The molecule has 1 aromatic heterocycles. The van der Waals surface area contributed by atoms with Crippen molar-refractivity contribution in [1.82, 2.24) is 10.1 Å². The monoisotopic (exact) mass is 385 g/mol. The van der Waals surface area contributed by atoms with E-state index in [4.69, 9.17) is 9.26 Å². The molecule has 1 amide bonds. The molecule has 0 unspecified atom stereocenters. The van der Waals surface area contributed by atoms with Crippen molar-refractivity contribution in [3.05, 3.63) is 84.4 Å². The molecule has 3 aromatic carbocycles. The number of carbonyl (C=O) groups is 1. The number of nitrogens with zero attached hydrogens (tertiary/aromatic N) is 2. The maximum Gasteiger partial charge on any atom is 0.262 e. The molecule has 1 heterocycles. The van der Waals surface area contributed by atoms with E-state index in [2.05, 4.69) is 15.5 Å². The first-order valence-electron chi connectivity index (χ1n) is 9.16. The van der Waals surface area contributed by atoms with Gasteiger partial charge in [-0.3, -0.25) is 4.79 Å². The molecule has 0 aliphatic rings. The number of anilines is 1. The van der Waals surface area contributed by atoms with Gasteiger partial charge in [0.25, 0.3) is 11.8 Å². The molecule has 0 aliphatic heterocycles. The summed E-state index contributed by atoms with van der Waals surface area (Å²) in [5.41, 5.74) is 3.54. The molecule has 29 heavy (non-hydrogen) atoms. The van der Waals surface area contributed by atoms with E-state index >= 15 is 0 Å². The number of ether oxygens (including phenoxy) is 1. The molecule has 4 aromatic rings. The normalized spacial score (nSPS) is 10.5. The van der Waals surface area contributed by atoms with E-state index in [1.54, 1.807) is 12.1 Å². The van der Waals surface area contributed by atoms with Gasteiger partial charge in [-0.05, 0) is 43.3 Å². The summed E-state index contributed by atoms with van der Waals surface area (Å²) in [6.07, 6.45) is 0. The fraction of sp³-hybridized carbons (Fsp3) is 0.0870. The first kappa shape index (κ1) is 18.4. The first-order chi connectivity index (χ1) is 14.2. The molecule has 4 rings (SSSR count). The Morgan fingerprint density at radius 1 is 0.931 bits per heavy atom. The average Bonchev–Trinajstić information content (AvgIpc) is 3.25. The van der Waals surface area contributed by atoms with Crippen LogP contribution >= 0.6 is 0 Å². The molecule has 1 N–H and O–H groups in total. The van der Waals surface area contributed by atoms with Crippen LogP contribution in [0.3, 0.4) is 0 Å². The van der Waals surface area contributed by atoms with Crippen LogP contribution in [-0.2, 0) is 4.79 Å². The SMILES string of the molecule is Cc1ccc(NC(=O)COc2ccc(-c3nc(-c4ccccc4)no3)cc2)cc1. The zero-order chi connectivity index (χ0) is 20.1. The molecule has 0 atom stereocenters. The van der Waals surface area contributed by atoms with E-state index < -0.39 is 0 Å². The lowest BCUT2D eigenvalue weighted by atomic mass is 10.2. The van der Waals surface area contributed by atoms with E-state index in [0.29, 0.717) is 17.5 Å². The maximum atomic E-state index is 12.0. The molecule has 0 aliphatic carbocycles. The topological polar surface area (TPSA) is 77.2 Å². The Kier molecular flexibility index (Phi) is 5.33. The minimum Gasteiger partial charge on any atom is -0.484 e. The fourth-order valence-electron chi connectivity index (χ4n) is 2.72. The number of aryl methyl sites for hydroxylation is 1. The maximum absolute atomic E-state index is 12.0. The van der Waals surface area contributed by atoms with E-state index in [-0.39, 0.29) is 12.5 Å². The number of carbonyl (C=O) groups excluding carboxylic acids is 1. The second-order valence-electron chi connectivity index (χ2n) is 6.52. The summed E-state index contributed by atoms with van der Waals surface area (Å²) in [6.45, 7) is 1.92. The van der Waals surface area contributed by atoms with Crippen LogP contribution in [-0.4, -0.2) is 22.7 Å². The van der Waals surface area contributed by atoms with E-state index in [1.807, 2.05) is 73.7 Å². The van der Waals surface area contributed by atoms with E-state index in [9.17, 15) is 4.79 Å². The highest BCUT2D eigenvalue weighted by molar-refractivity contribution is 5.91. The Hall–Kier alpha value is -3.93. The van der Waals surface area contributed by atoms with Gasteiger partial charge in [-0.1, -0.05) is 53.2 Å². The summed E-state index contributed by atoms with van der Waals surface area (Å²) in [5, 5.41) is 6.82. The van der Waals surface area contributed by atoms with Crippen LogP contribution in [0.2, 0.25) is 0 Å². The molecular weight excluding hydrogens is 366 g/mol. The lowest BCUT2D eigenvalue weighted by molar-refractivity contribution is -0.118. The summed E-state index contributed by atoms with van der Waals surface area (Å²) >= 11 is 0. The van der Waals surface area contributed by atoms with Gasteiger partial charge in [0.05, 0.1) is 0 Å². The summed E-state index contributed by atoms with van der Waals surface area (Å²) in [7, 11) is 0. The number of amides is 1. The van der Waals surface area contributed by atoms with Crippen LogP contribution in [0, 0.1) is 6.92 Å². The Morgan fingerprint density at radius 2 is 1.66 bits per heavy atom.